The number of aliphatic hydroxyl groups is 2. The lowest BCUT2D eigenvalue weighted by Gasteiger charge is -2.29. The standard InChI is InChI=1S/C12H17NO4/c1-12(13,11(16)17)10(15)9(14)7-8-5-3-2-4-6-8/h2-6,9-10,14-15H,7,13H2,1H3,(H,16,17)/t9?,10?,12-/m0/s1. The molecule has 0 aliphatic carbocycles. The molecule has 1 aromatic rings. The highest BCUT2D eigenvalue weighted by Crippen LogP contribution is 2.14. The molecule has 0 spiro atoms. The van der Waals surface area contributed by atoms with Gasteiger partial charge in [-0.3, -0.25) is 4.79 Å². The van der Waals surface area contributed by atoms with E-state index in [0.29, 0.717) is 0 Å². The first kappa shape index (κ1) is 13.6. The van der Waals surface area contributed by atoms with E-state index in [0.717, 1.165) is 5.56 Å². The second kappa shape index (κ2) is 5.27. The number of hydrogen-bond acceptors (Lipinski definition) is 4. The smallest absolute Gasteiger partial charge is 0.326 e. The first-order valence-corrected chi connectivity index (χ1v) is 5.28. The van der Waals surface area contributed by atoms with E-state index in [2.05, 4.69) is 0 Å². The molecule has 0 fully saturated rings. The topological polar surface area (TPSA) is 104 Å². The Hall–Kier alpha value is -1.43. The molecule has 2 unspecified atom stereocenters. The quantitative estimate of drug-likeness (QED) is 0.567. The molecule has 94 valence electrons. The lowest BCUT2D eigenvalue weighted by atomic mass is 9.89. The summed E-state index contributed by atoms with van der Waals surface area (Å²) in [5, 5.41) is 28.3. The molecular weight excluding hydrogens is 222 g/mol. The Bertz CT molecular complexity index is 377. The van der Waals surface area contributed by atoms with Crippen LogP contribution in [0.1, 0.15) is 12.5 Å². The van der Waals surface area contributed by atoms with Gasteiger partial charge in [0.15, 0.2) is 0 Å². The number of benzene rings is 1. The molecule has 0 aromatic heterocycles. The first-order chi connectivity index (χ1) is 7.85. The molecule has 5 N–H and O–H groups in total. The maximum absolute atomic E-state index is 10.8. The zero-order chi connectivity index (χ0) is 13.1. The number of carboxylic acid groups (broad SMARTS) is 1. The summed E-state index contributed by atoms with van der Waals surface area (Å²) in [5.74, 6) is -1.35. The van der Waals surface area contributed by atoms with Gasteiger partial charge in [-0.1, -0.05) is 30.3 Å². The molecule has 0 saturated carbocycles. The van der Waals surface area contributed by atoms with Crippen LogP contribution >= 0.6 is 0 Å². The van der Waals surface area contributed by atoms with Crippen molar-refractivity contribution in [3.8, 4) is 0 Å². The third-order valence-electron chi connectivity index (χ3n) is 2.73. The predicted octanol–water partition coefficient (Wildman–Crippen LogP) is -0.247. The fraction of sp³-hybridized carbons (Fsp3) is 0.417. The molecule has 0 saturated heterocycles. The van der Waals surface area contributed by atoms with Crippen molar-refractivity contribution >= 4 is 5.97 Å². The summed E-state index contributed by atoms with van der Waals surface area (Å²) in [5.41, 5.74) is 4.39. The number of rotatable bonds is 5. The minimum Gasteiger partial charge on any atom is -0.480 e. The zero-order valence-electron chi connectivity index (χ0n) is 9.58. The van der Waals surface area contributed by atoms with E-state index in [9.17, 15) is 15.0 Å². The fourth-order valence-electron chi connectivity index (χ4n) is 1.49. The van der Waals surface area contributed by atoms with Gasteiger partial charge in [-0.2, -0.15) is 0 Å². The number of aliphatic hydroxyl groups excluding tert-OH is 2. The molecule has 1 aromatic carbocycles. The monoisotopic (exact) mass is 239 g/mol. The van der Waals surface area contributed by atoms with Gasteiger partial charge in [0.25, 0.3) is 0 Å². The molecule has 0 bridgehead atoms. The number of aliphatic carboxylic acids is 1. The number of nitrogens with two attached hydrogens (primary N) is 1. The predicted molar refractivity (Wildman–Crippen MR) is 62.4 cm³/mol. The Kier molecular flexibility index (Phi) is 4.22. The highest BCUT2D eigenvalue weighted by Gasteiger charge is 2.40. The van der Waals surface area contributed by atoms with Gasteiger partial charge in [-0.25, -0.2) is 0 Å². The SMILES string of the molecule is C[C@@](N)(C(=O)O)C(O)C(O)Cc1ccccc1. The van der Waals surface area contributed by atoms with Gasteiger partial charge in [-0.15, -0.1) is 0 Å². The fourth-order valence-corrected chi connectivity index (χ4v) is 1.49. The Balaban J connectivity index is 2.71. The van der Waals surface area contributed by atoms with Gasteiger partial charge < -0.3 is 21.1 Å². The van der Waals surface area contributed by atoms with Crippen molar-refractivity contribution in [3.63, 3.8) is 0 Å². The van der Waals surface area contributed by atoms with E-state index < -0.39 is 23.7 Å². The van der Waals surface area contributed by atoms with Crippen LogP contribution in [0.15, 0.2) is 30.3 Å². The maximum Gasteiger partial charge on any atom is 0.326 e. The van der Waals surface area contributed by atoms with Gasteiger partial charge in [0.2, 0.25) is 0 Å². The summed E-state index contributed by atoms with van der Waals surface area (Å²) in [6, 6.07) is 8.99. The number of carboxylic acids is 1. The van der Waals surface area contributed by atoms with Gasteiger partial charge in [-0.05, 0) is 12.5 Å². The molecule has 1 rings (SSSR count). The Morgan fingerprint density at radius 1 is 1.35 bits per heavy atom. The average Bonchev–Trinajstić information content (AvgIpc) is 2.29. The van der Waals surface area contributed by atoms with Crippen LogP contribution in [0.4, 0.5) is 0 Å². The summed E-state index contributed by atoms with van der Waals surface area (Å²) < 4.78 is 0. The summed E-state index contributed by atoms with van der Waals surface area (Å²) in [6.45, 7) is 1.17. The minimum atomic E-state index is -1.87. The van der Waals surface area contributed by atoms with E-state index in [-0.39, 0.29) is 6.42 Å². The molecule has 5 heteroatoms. The summed E-state index contributed by atoms with van der Waals surface area (Å²) in [4.78, 5) is 10.8. The van der Waals surface area contributed by atoms with Crippen molar-refractivity contribution in [1.82, 2.24) is 0 Å². The van der Waals surface area contributed by atoms with Crippen LogP contribution in [0, 0.1) is 0 Å². The number of hydrogen-bond donors (Lipinski definition) is 4. The van der Waals surface area contributed by atoms with E-state index in [1.54, 1.807) is 24.3 Å². The average molecular weight is 239 g/mol. The molecule has 17 heavy (non-hydrogen) atoms. The van der Waals surface area contributed by atoms with E-state index in [4.69, 9.17) is 10.8 Å². The summed E-state index contributed by atoms with van der Waals surface area (Å²) >= 11 is 0. The van der Waals surface area contributed by atoms with Crippen molar-refractivity contribution in [3.05, 3.63) is 35.9 Å². The third-order valence-corrected chi connectivity index (χ3v) is 2.73. The molecule has 3 atom stereocenters. The second-order valence-corrected chi connectivity index (χ2v) is 4.29. The Morgan fingerprint density at radius 2 is 1.88 bits per heavy atom. The van der Waals surface area contributed by atoms with Gasteiger partial charge >= 0.3 is 5.97 Å². The second-order valence-electron chi connectivity index (χ2n) is 4.29. The maximum atomic E-state index is 10.8. The molecule has 0 aliphatic rings. The van der Waals surface area contributed by atoms with Crippen molar-refractivity contribution in [2.75, 3.05) is 0 Å². The lowest BCUT2D eigenvalue weighted by molar-refractivity contribution is -0.150. The minimum absolute atomic E-state index is 0.155. The summed E-state index contributed by atoms with van der Waals surface area (Å²) in [6.07, 6.45) is -2.59. The highest BCUT2D eigenvalue weighted by atomic mass is 16.4. The van der Waals surface area contributed by atoms with Crippen LogP contribution in [0.5, 0.6) is 0 Å². The highest BCUT2D eigenvalue weighted by molar-refractivity contribution is 5.78. The Labute approximate surface area is 99.5 Å². The van der Waals surface area contributed by atoms with Crippen molar-refractivity contribution in [1.29, 1.82) is 0 Å². The normalized spacial score (nSPS) is 18.1. The van der Waals surface area contributed by atoms with Crippen LogP contribution in [-0.4, -0.2) is 39.0 Å². The van der Waals surface area contributed by atoms with E-state index in [1.807, 2.05) is 6.07 Å². The van der Waals surface area contributed by atoms with Crippen molar-refractivity contribution in [2.24, 2.45) is 5.73 Å². The van der Waals surface area contributed by atoms with E-state index in [1.165, 1.54) is 6.92 Å². The van der Waals surface area contributed by atoms with Crippen molar-refractivity contribution in [2.45, 2.75) is 31.1 Å². The Morgan fingerprint density at radius 3 is 2.35 bits per heavy atom. The lowest BCUT2D eigenvalue weighted by Crippen LogP contribution is -2.59. The van der Waals surface area contributed by atoms with Crippen LogP contribution in [0.25, 0.3) is 0 Å². The van der Waals surface area contributed by atoms with Crippen LogP contribution in [-0.2, 0) is 11.2 Å². The van der Waals surface area contributed by atoms with Crippen molar-refractivity contribution < 1.29 is 20.1 Å². The first-order valence-electron chi connectivity index (χ1n) is 5.28. The molecule has 0 amide bonds. The zero-order valence-corrected chi connectivity index (χ0v) is 9.58. The largest absolute Gasteiger partial charge is 0.480 e. The van der Waals surface area contributed by atoms with Crippen LogP contribution in [0.2, 0.25) is 0 Å². The molecule has 5 nitrogen and oxygen atoms in total. The molecular formula is C12H17NO4. The molecule has 0 heterocycles. The molecule has 0 aliphatic heterocycles. The van der Waals surface area contributed by atoms with Gasteiger partial charge in [0, 0.05) is 6.42 Å². The molecule has 0 radical (unpaired) electrons. The number of carbonyl (C=O) groups is 1. The summed E-state index contributed by atoms with van der Waals surface area (Å²) in [7, 11) is 0. The van der Waals surface area contributed by atoms with Gasteiger partial charge in [0.1, 0.15) is 11.6 Å². The van der Waals surface area contributed by atoms with Gasteiger partial charge in [0.05, 0.1) is 6.10 Å². The van der Waals surface area contributed by atoms with Crippen LogP contribution in [0.3, 0.4) is 0 Å². The van der Waals surface area contributed by atoms with E-state index >= 15 is 0 Å². The van der Waals surface area contributed by atoms with Crippen LogP contribution < -0.4 is 5.73 Å². The third kappa shape index (κ3) is 3.26.